The highest BCUT2D eigenvalue weighted by atomic mass is 19.1. The maximum atomic E-state index is 13.6. The van der Waals surface area contributed by atoms with Crippen LogP contribution in [0.3, 0.4) is 0 Å². The fraction of sp³-hybridized carbons (Fsp3) is 0.0833. The van der Waals surface area contributed by atoms with Crippen LogP contribution < -0.4 is 21.5 Å². The van der Waals surface area contributed by atoms with Crippen LogP contribution in [0.5, 0.6) is 5.88 Å². The summed E-state index contributed by atoms with van der Waals surface area (Å²) in [6, 6.07) is 18.7. The van der Waals surface area contributed by atoms with Crippen molar-refractivity contribution in [2.45, 2.75) is 13.5 Å². The SMILES string of the molecule is CC(=N)c1cc(-c2nc(N)cc(N)n2)c(OCc2cccc(F)c2)nc1Nc1ccccc1. The molecule has 0 bridgehead atoms. The van der Waals surface area contributed by atoms with Crippen molar-refractivity contribution in [3.05, 3.63) is 83.7 Å². The zero-order chi connectivity index (χ0) is 23.4. The molecule has 0 aliphatic heterocycles. The molecule has 0 unspecified atom stereocenters. The Morgan fingerprint density at radius 2 is 1.70 bits per heavy atom. The van der Waals surface area contributed by atoms with Crippen LogP contribution in [0, 0.1) is 11.2 Å². The smallest absolute Gasteiger partial charge is 0.226 e. The van der Waals surface area contributed by atoms with Gasteiger partial charge in [0.15, 0.2) is 5.82 Å². The van der Waals surface area contributed by atoms with E-state index in [9.17, 15) is 4.39 Å². The van der Waals surface area contributed by atoms with E-state index < -0.39 is 0 Å². The van der Waals surface area contributed by atoms with Crippen LogP contribution in [0.1, 0.15) is 18.1 Å². The summed E-state index contributed by atoms with van der Waals surface area (Å²) in [6.07, 6.45) is 0. The number of aromatic nitrogens is 3. The second-order valence-corrected chi connectivity index (χ2v) is 7.31. The third kappa shape index (κ3) is 5.21. The average molecular weight is 443 g/mol. The average Bonchev–Trinajstić information content (AvgIpc) is 2.77. The van der Waals surface area contributed by atoms with E-state index in [0.29, 0.717) is 22.5 Å². The van der Waals surface area contributed by atoms with E-state index in [-0.39, 0.29) is 41.5 Å². The molecule has 2 aromatic carbocycles. The van der Waals surface area contributed by atoms with Gasteiger partial charge in [-0.3, -0.25) is 0 Å². The van der Waals surface area contributed by atoms with Crippen LogP contribution in [0.25, 0.3) is 11.4 Å². The highest BCUT2D eigenvalue weighted by molar-refractivity contribution is 6.02. The standard InChI is InChI=1S/C24H22FN7O/c1-14(26)18-11-19(23-30-20(27)12-21(28)31-23)24(33-13-15-6-5-7-16(25)10-15)32-22(18)29-17-8-3-2-4-9-17/h2-12,26H,13H2,1H3,(H,29,32)(H4,27,28,30,31). The van der Waals surface area contributed by atoms with Gasteiger partial charge in [-0.2, -0.15) is 4.98 Å². The molecule has 6 N–H and O–H groups in total. The molecule has 0 radical (unpaired) electrons. The van der Waals surface area contributed by atoms with Crippen LogP contribution in [-0.4, -0.2) is 20.7 Å². The van der Waals surface area contributed by atoms with E-state index in [0.717, 1.165) is 5.69 Å². The minimum Gasteiger partial charge on any atom is -0.472 e. The van der Waals surface area contributed by atoms with E-state index in [1.54, 1.807) is 25.1 Å². The number of nitrogens with zero attached hydrogens (tertiary/aromatic N) is 3. The van der Waals surface area contributed by atoms with Gasteiger partial charge in [0, 0.05) is 23.0 Å². The molecule has 166 valence electrons. The van der Waals surface area contributed by atoms with E-state index >= 15 is 0 Å². The van der Waals surface area contributed by atoms with Crippen molar-refractivity contribution in [2.24, 2.45) is 0 Å². The first-order valence-corrected chi connectivity index (χ1v) is 10.1. The zero-order valence-electron chi connectivity index (χ0n) is 17.8. The van der Waals surface area contributed by atoms with Gasteiger partial charge in [-0.1, -0.05) is 30.3 Å². The number of benzene rings is 2. The summed E-state index contributed by atoms with van der Waals surface area (Å²) in [5.41, 5.74) is 14.4. The van der Waals surface area contributed by atoms with Gasteiger partial charge < -0.3 is 26.9 Å². The largest absolute Gasteiger partial charge is 0.472 e. The Labute approximate surface area is 190 Å². The number of anilines is 4. The van der Waals surface area contributed by atoms with Crippen molar-refractivity contribution in [3.8, 4) is 17.3 Å². The molecule has 0 saturated heterocycles. The molecule has 4 rings (SSSR count). The van der Waals surface area contributed by atoms with Crippen LogP contribution in [0.15, 0.2) is 66.7 Å². The Bertz CT molecular complexity index is 1290. The number of halogens is 1. The number of nitrogens with one attached hydrogen (secondary N) is 2. The summed E-state index contributed by atoms with van der Waals surface area (Å²) in [4.78, 5) is 13.2. The molecule has 0 amide bonds. The first kappa shape index (κ1) is 21.7. The number of hydrogen-bond donors (Lipinski definition) is 4. The van der Waals surface area contributed by atoms with Crippen LogP contribution in [-0.2, 0) is 6.61 Å². The second-order valence-electron chi connectivity index (χ2n) is 7.31. The number of para-hydroxylation sites is 1. The molecule has 4 aromatic rings. The topological polar surface area (TPSA) is 136 Å². The van der Waals surface area contributed by atoms with E-state index in [4.69, 9.17) is 21.6 Å². The summed E-state index contributed by atoms with van der Waals surface area (Å²) in [6.45, 7) is 1.71. The maximum Gasteiger partial charge on any atom is 0.226 e. The molecule has 9 heteroatoms. The molecule has 0 aliphatic carbocycles. The number of pyridine rings is 1. The molecule has 8 nitrogen and oxygen atoms in total. The van der Waals surface area contributed by atoms with E-state index in [1.807, 2.05) is 30.3 Å². The molecule has 0 spiro atoms. The van der Waals surface area contributed by atoms with Gasteiger partial charge in [-0.15, -0.1) is 0 Å². The lowest BCUT2D eigenvalue weighted by Crippen LogP contribution is -2.09. The van der Waals surface area contributed by atoms with E-state index in [1.165, 1.54) is 18.2 Å². The minimum atomic E-state index is -0.363. The van der Waals surface area contributed by atoms with Crippen molar-refractivity contribution in [3.63, 3.8) is 0 Å². The minimum absolute atomic E-state index is 0.0588. The van der Waals surface area contributed by atoms with Crippen molar-refractivity contribution in [1.82, 2.24) is 15.0 Å². The molecule has 0 atom stereocenters. The van der Waals surface area contributed by atoms with Gasteiger partial charge >= 0.3 is 0 Å². The Morgan fingerprint density at radius 3 is 2.36 bits per heavy atom. The predicted molar refractivity (Wildman–Crippen MR) is 127 cm³/mol. The second kappa shape index (κ2) is 9.31. The first-order chi connectivity index (χ1) is 15.9. The van der Waals surface area contributed by atoms with Gasteiger partial charge in [-0.05, 0) is 42.8 Å². The molecule has 0 aliphatic rings. The number of nitrogen functional groups attached to an aromatic ring is 2. The summed E-state index contributed by atoms with van der Waals surface area (Å²) < 4.78 is 19.6. The van der Waals surface area contributed by atoms with Gasteiger partial charge in [0.25, 0.3) is 0 Å². The lowest BCUT2D eigenvalue weighted by molar-refractivity contribution is 0.295. The molecular formula is C24H22FN7O. The summed E-state index contributed by atoms with van der Waals surface area (Å²) in [5, 5.41) is 11.5. The fourth-order valence-corrected chi connectivity index (χ4v) is 3.19. The van der Waals surface area contributed by atoms with Crippen molar-refractivity contribution >= 4 is 28.9 Å². The van der Waals surface area contributed by atoms with Crippen molar-refractivity contribution in [2.75, 3.05) is 16.8 Å². The normalized spacial score (nSPS) is 10.6. The Balaban J connectivity index is 1.82. The van der Waals surface area contributed by atoms with Gasteiger partial charge in [0.1, 0.15) is 29.9 Å². The molecular weight excluding hydrogens is 421 g/mol. The summed E-state index contributed by atoms with van der Waals surface area (Å²) in [7, 11) is 0. The Hall–Kier alpha value is -4.53. The quantitative estimate of drug-likeness (QED) is 0.308. The number of nitrogens with two attached hydrogens (primary N) is 2. The highest BCUT2D eigenvalue weighted by Crippen LogP contribution is 2.33. The highest BCUT2D eigenvalue weighted by Gasteiger charge is 2.19. The number of ether oxygens (including phenoxy) is 1. The predicted octanol–water partition coefficient (Wildman–Crippen LogP) is 4.55. The lowest BCUT2D eigenvalue weighted by atomic mass is 10.1. The van der Waals surface area contributed by atoms with Gasteiger partial charge in [-0.25, -0.2) is 14.4 Å². The Morgan fingerprint density at radius 1 is 0.970 bits per heavy atom. The summed E-state index contributed by atoms with van der Waals surface area (Å²) >= 11 is 0. The van der Waals surface area contributed by atoms with Gasteiger partial charge in [0.05, 0.1) is 5.56 Å². The van der Waals surface area contributed by atoms with E-state index in [2.05, 4.69) is 20.3 Å². The third-order valence-corrected chi connectivity index (χ3v) is 4.70. The zero-order valence-corrected chi connectivity index (χ0v) is 17.8. The summed E-state index contributed by atoms with van der Waals surface area (Å²) in [5.74, 6) is 0.832. The van der Waals surface area contributed by atoms with Crippen LogP contribution in [0.4, 0.5) is 27.5 Å². The van der Waals surface area contributed by atoms with Crippen LogP contribution in [0.2, 0.25) is 0 Å². The Kier molecular flexibility index (Phi) is 6.12. The van der Waals surface area contributed by atoms with Crippen LogP contribution >= 0.6 is 0 Å². The van der Waals surface area contributed by atoms with Gasteiger partial charge in [0.2, 0.25) is 5.88 Å². The number of rotatable bonds is 7. The molecule has 0 fully saturated rings. The number of hydrogen-bond acceptors (Lipinski definition) is 8. The first-order valence-electron chi connectivity index (χ1n) is 10.1. The molecule has 0 saturated carbocycles. The van der Waals surface area contributed by atoms with Crippen molar-refractivity contribution in [1.29, 1.82) is 5.41 Å². The maximum absolute atomic E-state index is 13.6. The molecule has 2 aromatic heterocycles. The lowest BCUT2D eigenvalue weighted by Gasteiger charge is -2.16. The fourth-order valence-electron chi connectivity index (χ4n) is 3.19. The molecule has 33 heavy (non-hydrogen) atoms. The monoisotopic (exact) mass is 443 g/mol. The third-order valence-electron chi connectivity index (χ3n) is 4.70. The molecule has 2 heterocycles. The van der Waals surface area contributed by atoms with Crippen molar-refractivity contribution < 1.29 is 9.13 Å².